The molecule has 0 aliphatic carbocycles. The Labute approximate surface area is 166 Å². The monoisotopic (exact) mass is 403 g/mol. The number of hydrogen-bond acceptors (Lipinski definition) is 3. The van der Waals surface area contributed by atoms with Crippen LogP contribution in [0.3, 0.4) is 0 Å². The Balaban J connectivity index is 1.71. The van der Waals surface area contributed by atoms with E-state index in [1.54, 1.807) is 17.0 Å². The van der Waals surface area contributed by atoms with Gasteiger partial charge in [-0.3, -0.25) is 4.79 Å². The summed E-state index contributed by atoms with van der Waals surface area (Å²) < 4.78 is 39.5. The van der Waals surface area contributed by atoms with Crippen LogP contribution in [0.4, 0.5) is 4.39 Å². The molecule has 150 valence electrons. The number of amides is 1. The largest absolute Gasteiger partial charge is 0.341 e. The highest BCUT2D eigenvalue weighted by atomic mass is 32.2. The third-order valence-corrected chi connectivity index (χ3v) is 7.46. The minimum atomic E-state index is -3.52. The Bertz CT molecular complexity index is 939. The van der Waals surface area contributed by atoms with E-state index in [1.165, 1.54) is 17.7 Å². The van der Waals surface area contributed by atoms with Gasteiger partial charge in [-0.2, -0.15) is 0 Å². The van der Waals surface area contributed by atoms with Crippen molar-refractivity contribution in [2.24, 2.45) is 0 Å². The van der Waals surface area contributed by atoms with Gasteiger partial charge < -0.3 is 4.90 Å². The van der Waals surface area contributed by atoms with Gasteiger partial charge in [0.05, 0.1) is 17.4 Å². The number of benzene rings is 2. The fraction of sp³-hybridized carbons (Fsp3) is 0.409. The van der Waals surface area contributed by atoms with Gasteiger partial charge in [-0.1, -0.05) is 56.3 Å². The predicted octanol–water partition coefficient (Wildman–Crippen LogP) is 3.88. The molecule has 1 aliphatic rings. The Morgan fingerprint density at radius 3 is 2.43 bits per heavy atom. The van der Waals surface area contributed by atoms with E-state index >= 15 is 0 Å². The zero-order valence-corrected chi connectivity index (χ0v) is 17.1. The van der Waals surface area contributed by atoms with Gasteiger partial charge >= 0.3 is 0 Å². The van der Waals surface area contributed by atoms with Crippen LogP contribution < -0.4 is 0 Å². The number of carbonyl (C=O) groups excluding carboxylic acids is 1. The molecule has 28 heavy (non-hydrogen) atoms. The summed E-state index contributed by atoms with van der Waals surface area (Å²) in [5.41, 5.74) is 2.32. The van der Waals surface area contributed by atoms with Crippen LogP contribution in [0, 0.1) is 5.82 Å². The van der Waals surface area contributed by atoms with Gasteiger partial charge in [0, 0.05) is 18.7 Å². The lowest BCUT2D eigenvalue weighted by Gasteiger charge is -2.20. The van der Waals surface area contributed by atoms with E-state index in [4.69, 9.17) is 0 Å². The second-order valence-electron chi connectivity index (χ2n) is 7.62. The predicted molar refractivity (Wildman–Crippen MR) is 108 cm³/mol. The van der Waals surface area contributed by atoms with Gasteiger partial charge in [0.15, 0.2) is 9.84 Å². The molecular formula is C22H26FNO3S. The highest BCUT2D eigenvalue weighted by molar-refractivity contribution is 7.91. The average Bonchev–Trinajstić information content (AvgIpc) is 2.81. The van der Waals surface area contributed by atoms with Crippen molar-refractivity contribution in [1.82, 2.24) is 4.90 Å². The fourth-order valence-electron chi connectivity index (χ4n) is 3.59. The lowest BCUT2D eigenvalue weighted by Crippen LogP contribution is -2.34. The number of halogens is 1. The van der Waals surface area contributed by atoms with E-state index in [-0.39, 0.29) is 36.6 Å². The number of carbonyl (C=O) groups is 1. The van der Waals surface area contributed by atoms with Crippen LogP contribution >= 0.6 is 0 Å². The van der Waals surface area contributed by atoms with Crippen LogP contribution in [0.2, 0.25) is 0 Å². The standard InChI is InChI=1S/C22H26FNO3S/c1-16(2)18-9-7-17(8-10-18)15-22(25)24-12-11-21(28(26,27)14-13-24)19-5-3-4-6-20(19)23/h3-10,16,21H,11-15H2,1-2H3. The van der Waals surface area contributed by atoms with Crippen LogP contribution in [0.15, 0.2) is 48.5 Å². The molecule has 0 N–H and O–H groups in total. The first-order chi connectivity index (χ1) is 13.3. The summed E-state index contributed by atoms with van der Waals surface area (Å²) in [6.07, 6.45) is 0.448. The van der Waals surface area contributed by atoms with Crippen LogP contribution in [0.5, 0.6) is 0 Å². The van der Waals surface area contributed by atoms with Crippen LogP contribution in [0.1, 0.15) is 48.1 Å². The van der Waals surface area contributed by atoms with Gasteiger partial charge in [-0.25, -0.2) is 12.8 Å². The number of rotatable bonds is 4. The normalized spacial score (nSPS) is 19.4. The molecule has 0 bridgehead atoms. The van der Waals surface area contributed by atoms with E-state index in [2.05, 4.69) is 13.8 Å². The third-order valence-electron chi connectivity index (χ3n) is 5.35. The van der Waals surface area contributed by atoms with Crippen molar-refractivity contribution in [3.05, 3.63) is 71.0 Å². The molecule has 0 aromatic heterocycles. The molecule has 2 aromatic carbocycles. The lowest BCUT2D eigenvalue weighted by molar-refractivity contribution is -0.130. The van der Waals surface area contributed by atoms with Gasteiger partial charge in [-0.15, -0.1) is 0 Å². The van der Waals surface area contributed by atoms with Crippen molar-refractivity contribution in [2.45, 2.75) is 37.9 Å². The van der Waals surface area contributed by atoms with E-state index in [9.17, 15) is 17.6 Å². The second-order valence-corrected chi connectivity index (χ2v) is 9.92. The minimum Gasteiger partial charge on any atom is -0.341 e. The Kier molecular flexibility index (Phi) is 6.18. The summed E-state index contributed by atoms with van der Waals surface area (Å²) in [5.74, 6) is -0.331. The summed E-state index contributed by atoms with van der Waals surface area (Å²) in [6, 6.07) is 13.9. The van der Waals surface area contributed by atoms with Gasteiger partial charge in [0.25, 0.3) is 0 Å². The molecule has 1 amide bonds. The zero-order chi connectivity index (χ0) is 20.3. The number of sulfone groups is 1. The Morgan fingerprint density at radius 1 is 1.11 bits per heavy atom. The van der Waals surface area contributed by atoms with E-state index in [0.29, 0.717) is 12.5 Å². The summed E-state index contributed by atoms with van der Waals surface area (Å²) in [5, 5.41) is -0.906. The molecule has 1 heterocycles. The van der Waals surface area contributed by atoms with Crippen LogP contribution in [-0.2, 0) is 21.1 Å². The second kappa shape index (κ2) is 8.43. The van der Waals surface area contributed by atoms with Crippen LogP contribution in [0.25, 0.3) is 0 Å². The van der Waals surface area contributed by atoms with E-state index in [1.807, 2.05) is 24.3 Å². The van der Waals surface area contributed by atoms with E-state index in [0.717, 1.165) is 5.56 Å². The molecule has 0 saturated carbocycles. The maximum Gasteiger partial charge on any atom is 0.227 e. The highest BCUT2D eigenvalue weighted by Crippen LogP contribution is 2.31. The molecule has 2 aromatic rings. The minimum absolute atomic E-state index is 0.0957. The zero-order valence-electron chi connectivity index (χ0n) is 16.3. The molecule has 1 fully saturated rings. The molecule has 4 nitrogen and oxygen atoms in total. The molecular weight excluding hydrogens is 377 g/mol. The molecule has 3 rings (SSSR count). The summed E-state index contributed by atoms with van der Waals surface area (Å²) in [6.45, 7) is 4.69. The van der Waals surface area contributed by atoms with Crippen molar-refractivity contribution < 1.29 is 17.6 Å². The molecule has 0 spiro atoms. The van der Waals surface area contributed by atoms with Crippen molar-refractivity contribution >= 4 is 15.7 Å². The van der Waals surface area contributed by atoms with E-state index < -0.39 is 20.9 Å². The first kappa shape index (κ1) is 20.5. The number of hydrogen-bond donors (Lipinski definition) is 0. The lowest BCUT2D eigenvalue weighted by atomic mass is 10.0. The summed E-state index contributed by atoms with van der Waals surface area (Å²) >= 11 is 0. The molecule has 1 saturated heterocycles. The van der Waals surface area contributed by atoms with Crippen molar-refractivity contribution in [2.75, 3.05) is 18.8 Å². The first-order valence-electron chi connectivity index (χ1n) is 9.60. The topological polar surface area (TPSA) is 54.5 Å². The molecule has 1 unspecified atom stereocenters. The van der Waals surface area contributed by atoms with Gasteiger partial charge in [0.2, 0.25) is 5.91 Å². The van der Waals surface area contributed by atoms with Gasteiger partial charge in [0.1, 0.15) is 5.82 Å². The first-order valence-corrected chi connectivity index (χ1v) is 11.3. The quantitative estimate of drug-likeness (QED) is 0.778. The van der Waals surface area contributed by atoms with Crippen molar-refractivity contribution in [3.63, 3.8) is 0 Å². The molecule has 1 aliphatic heterocycles. The third kappa shape index (κ3) is 4.61. The average molecular weight is 404 g/mol. The maximum atomic E-state index is 14.1. The number of nitrogens with zero attached hydrogens (tertiary/aromatic N) is 1. The van der Waals surface area contributed by atoms with Gasteiger partial charge in [-0.05, 0) is 29.5 Å². The molecule has 0 radical (unpaired) electrons. The molecule has 1 atom stereocenters. The smallest absolute Gasteiger partial charge is 0.227 e. The summed E-state index contributed by atoms with van der Waals surface area (Å²) in [7, 11) is -3.52. The highest BCUT2D eigenvalue weighted by Gasteiger charge is 2.34. The van der Waals surface area contributed by atoms with Crippen LogP contribution in [-0.4, -0.2) is 38.1 Å². The fourth-order valence-corrected chi connectivity index (χ4v) is 5.39. The SMILES string of the molecule is CC(C)c1ccc(CC(=O)N2CCC(c3ccccc3F)S(=O)(=O)CC2)cc1. The Morgan fingerprint density at radius 2 is 1.79 bits per heavy atom. The maximum absolute atomic E-state index is 14.1. The van der Waals surface area contributed by atoms with Crippen molar-refractivity contribution in [3.8, 4) is 0 Å². The Hall–Kier alpha value is -2.21. The molecule has 6 heteroatoms. The summed E-state index contributed by atoms with van der Waals surface area (Å²) in [4.78, 5) is 14.3. The van der Waals surface area contributed by atoms with Crippen molar-refractivity contribution in [1.29, 1.82) is 0 Å².